The minimum Gasteiger partial charge on any atom is -0.459 e. The molecule has 0 unspecified atom stereocenters. The van der Waals surface area contributed by atoms with Crippen molar-refractivity contribution in [3.8, 4) is 0 Å². The predicted molar refractivity (Wildman–Crippen MR) is 72.2 cm³/mol. The Morgan fingerprint density at radius 3 is 2.50 bits per heavy atom. The molecule has 0 aromatic carbocycles. The minimum absolute atomic E-state index is 0.0691. The molecule has 18 heavy (non-hydrogen) atoms. The molecule has 1 aliphatic carbocycles. The molecule has 1 saturated carbocycles. The second kappa shape index (κ2) is 6.05. The van der Waals surface area contributed by atoms with Crippen LogP contribution >= 0.6 is 0 Å². The molecule has 0 radical (unpaired) electrons. The average Bonchev–Trinajstić information content (AvgIpc) is 2.97. The quantitative estimate of drug-likeness (QED) is 0.561. The molecular weight excluding hydrogens is 228 g/mol. The molecule has 1 aliphatic rings. The van der Waals surface area contributed by atoms with Crippen molar-refractivity contribution in [3.63, 3.8) is 0 Å². The van der Waals surface area contributed by atoms with E-state index in [1.54, 1.807) is 0 Å². The molecule has 0 aromatic rings. The van der Waals surface area contributed by atoms with Gasteiger partial charge in [-0.2, -0.15) is 0 Å². The van der Waals surface area contributed by atoms with Gasteiger partial charge in [0.2, 0.25) is 0 Å². The van der Waals surface area contributed by atoms with Crippen LogP contribution in [0, 0.1) is 11.3 Å². The summed E-state index contributed by atoms with van der Waals surface area (Å²) in [5.41, 5.74) is -1.05. The zero-order valence-corrected chi connectivity index (χ0v) is 12.3. The van der Waals surface area contributed by atoms with E-state index in [9.17, 15) is 9.90 Å². The highest BCUT2D eigenvalue weighted by atomic mass is 16.6. The molecule has 3 nitrogen and oxygen atoms in total. The lowest BCUT2D eigenvalue weighted by Gasteiger charge is -2.23. The van der Waals surface area contributed by atoms with Gasteiger partial charge in [0.05, 0.1) is 12.0 Å². The zero-order valence-electron chi connectivity index (χ0n) is 12.3. The van der Waals surface area contributed by atoms with Crippen LogP contribution in [0.3, 0.4) is 0 Å². The summed E-state index contributed by atoms with van der Waals surface area (Å²) < 4.78 is 5.41. The molecule has 0 amide bonds. The van der Waals surface area contributed by atoms with Crippen molar-refractivity contribution in [3.05, 3.63) is 0 Å². The summed E-state index contributed by atoms with van der Waals surface area (Å²) in [4.78, 5) is 12.1. The Morgan fingerprint density at radius 2 is 2.00 bits per heavy atom. The second-order valence-corrected chi connectivity index (χ2v) is 6.57. The topological polar surface area (TPSA) is 46.5 Å². The number of ether oxygens (including phenoxy) is 1. The van der Waals surface area contributed by atoms with Crippen molar-refractivity contribution < 1.29 is 14.6 Å². The third kappa shape index (κ3) is 3.98. The molecule has 0 heterocycles. The van der Waals surface area contributed by atoms with E-state index in [0.717, 1.165) is 19.3 Å². The minimum atomic E-state index is -0.584. The van der Waals surface area contributed by atoms with Crippen molar-refractivity contribution in [1.29, 1.82) is 0 Å². The Bertz CT molecular complexity index is 280. The number of hydrogen-bond acceptors (Lipinski definition) is 3. The first kappa shape index (κ1) is 15.5. The molecule has 0 saturated heterocycles. The fraction of sp³-hybridized carbons (Fsp3) is 0.933. The number of esters is 1. The first-order chi connectivity index (χ1) is 8.35. The number of rotatable bonds is 7. The average molecular weight is 256 g/mol. The van der Waals surface area contributed by atoms with Crippen molar-refractivity contribution in [2.24, 2.45) is 11.3 Å². The smallest absolute Gasteiger partial charge is 0.315 e. The van der Waals surface area contributed by atoms with Gasteiger partial charge in [0.15, 0.2) is 0 Å². The van der Waals surface area contributed by atoms with E-state index in [1.165, 1.54) is 19.3 Å². The van der Waals surface area contributed by atoms with Crippen LogP contribution in [0.4, 0.5) is 0 Å². The summed E-state index contributed by atoms with van der Waals surface area (Å²) in [5, 5.41) is 9.50. The van der Waals surface area contributed by atoms with Crippen LogP contribution in [-0.2, 0) is 9.53 Å². The lowest BCUT2D eigenvalue weighted by atomic mass is 10.0. The van der Waals surface area contributed by atoms with E-state index in [0.29, 0.717) is 5.92 Å². The van der Waals surface area contributed by atoms with Crippen LogP contribution < -0.4 is 0 Å². The fourth-order valence-corrected chi connectivity index (χ4v) is 2.46. The van der Waals surface area contributed by atoms with E-state index in [-0.39, 0.29) is 12.6 Å². The molecule has 0 bridgehead atoms. The van der Waals surface area contributed by atoms with Gasteiger partial charge in [-0.25, -0.2) is 0 Å². The van der Waals surface area contributed by atoms with Crippen molar-refractivity contribution in [2.45, 2.75) is 71.8 Å². The first-order valence-corrected chi connectivity index (χ1v) is 7.20. The van der Waals surface area contributed by atoms with Gasteiger partial charge in [-0.3, -0.25) is 4.79 Å². The lowest BCUT2D eigenvalue weighted by Crippen LogP contribution is -2.32. The van der Waals surface area contributed by atoms with E-state index >= 15 is 0 Å². The van der Waals surface area contributed by atoms with Crippen LogP contribution in [0.5, 0.6) is 0 Å². The summed E-state index contributed by atoms with van der Waals surface area (Å²) in [6.07, 6.45) is 6.70. The molecule has 1 rings (SSSR count). The van der Waals surface area contributed by atoms with Crippen LogP contribution in [0.1, 0.15) is 66.2 Å². The maximum Gasteiger partial charge on any atom is 0.315 e. The Labute approximate surface area is 111 Å². The van der Waals surface area contributed by atoms with E-state index in [1.807, 2.05) is 20.8 Å². The zero-order chi connectivity index (χ0) is 13.8. The highest BCUT2D eigenvalue weighted by Crippen LogP contribution is 2.56. The Morgan fingerprint density at radius 1 is 1.33 bits per heavy atom. The van der Waals surface area contributed by atoms with E-state index in [2.05, 4.69) is 6.92 Å². The summed E-state index contributed by atoms with van der Waals surface area (Å²) in [6, 6.07) is 0. The van der Waals surface area contributed by atoms with Gasteiger partial charge >= 0.3 is 5.97 Å². The van der Waals surface area contributed by atoms with Crippen molar-refractivity contribution >= 4 is 5.97 Å². The lowest BCUT2D eigenvalue weighted by molar-refractivity contribution is -0.164. The fourth-order valence-electron chi connectivity index (χ4n) is 2.46. The predicted octanol–water partition coefficient (Wildman–Crippen LogP) is 3.30. The van der Waals surface area contributed by atoms with Gasteiger partial charge in [-0.15, -0.1) is 0 Å². The number of unbranched alkanes of at least 4 members (excludes halogenated alkanes) is 3. The van der Waals surface area contributed by atoms with Crippen LogP contribution in [0.25, 0.3) is 0 Å². The Balaban J connectivity index is 2.40. The van der Waals surface area contributed by atoms with E-state index < -0.39 is 11.0 Å². The highest BCUT2D eigenvalue weighted by molar-refractivity contribution is 5.81. The third-order valence-electron chi connectivity index (χ3n) is 3.73. The second-order valence-electron chi connectivity index (χ2n) is 6.57. The van der Waals surface area contributed by atoms with Gasteiger partial charge in [0, 0.05) is 0 Å². The maximum absolute atomic E-state index is 12.1. The van der Waals surface area contributed by atoms with E-state index in [4.69, 9.17) is 4.74 Å². The number of hydrogen-bond donors (Lipinski definition) is 1. The third-order valence-corrected chi connectivity index (χ3v) is 3.73. The Hall–Kier alpha value is -0.570. The summed E-state index contributed by atoms with van der Waals surface area (Å²) in [6.45, 7) is 7.73. The molecule has 0 aliphatic heterocycles. The highest BCUT2D eigenvalue weighted by Gasteiger charge is 2.60. The summed E-state index contributed by atoms with van der Waals surface area (Å²) in [7, 11) is 0. The molecule has 0 spiro atoms. The summed E-state index contributed by atoms with van der Waals surface area (Å²) >= 11 is 0. The molecule has 2 atom stereocenters. The number of carbonyl (C=O) groups excluding carboxylic acids is 1. The molecule has 106 valence electrons. The number of carbonyl (C=O) groups is 1. The normalized spacial score (nSPS) is 27.1. The van der Waals surface area contributed by atoms with Gasteiger partial charge in [0.25, 0.3) is 0 Å². The molecule has 1 fully saturated rings. The monoisotopic (exact) mass is 256 g/mol. The van der Waals surface area contributed by atoms with Crippen molar-refractivity contribution in [1.82, 2.24) is 0 Å². The van der Waals surface area contributed by atoms with Crippen molar-refractivity contribution in [2.75, 3.05) is 6.61 Å². The van der Waals surface area contributed by atoms with Gasteiger partial charge in [0.1, 0.15) is 5.60 Å². The molecule has 3 heteroatoms. The van der Waals surface area contributed by atoms with Crippen LogP contribution in [0.2, 0.25) is 0 Å². The summed E-state index contributed by atoms with van der Waals surface area (Å²) in [5.74, 6) is 0.118. The largest absolute Gasteiger partial charge is 0.459 e. The first-order valence-electron chi connectivity index (χ1n) is 7.20. The van der Waals surface area contributed by atoms with Gasteiger partial charge in [-0.05, 0) is 39.5 Å². The Kier molecular flexibility index (Phi) is 5.20. The number of aliphatic hydroxyl groups is 1. The standard InChI is InChI=1S/C15H28O3/c1-5-6-7-8-9-12-10-15(12,11-16)13(17)18-14(2,3)4/h12,16H,5-11H2,1-4H3/t12-,15-/m0/s1. The van der Waals surface area contributed by atoms with Gasteiger partial charge < -0.3 is 9.84 Å². The SMILES string of the molecule is CCCCCC[C@H]1C[C@@]1(CO)C(=O)OC(C)(C)C. The maximum atomic E-state index is 12.1. The van der Waals surface area contributed by atoms with Crippen LogP contribution in [0.15, 0.2) is 0 Å². The number of aliphatic hydroxyl groups excluding tert-OH is 1. The van der Waals surface area contributed by atoms with Crippen LogP contribution in [-0.4, -0.2) is 23.3 Å². The molecular formula is C15H28O3. The molecule has 1 N–H and O–H groups in total. The molecule has 0 aromatic heterocycles. The van der Waals surface area contributed by atoms with Gasteiger partial charge in [-0.1, -0.05) is 32.6 Å².